The molecule has 0 saturated carbocycles. The van der Waals surface area contributed by atoms with Crippen LogP contribution in [0.1, 0.15) is 32.6 Å². The molecule has 2 heterocycles. The summed E-state index contributed by atoms with van der Waals surface area (Å²) in [6.45, 7) is 5.43. The number of piperidine rings is 1. The van der Waals surface area contributed by atoms with Crippen molar-refractivity contribution in [2.24, 2.45) is 11.8 Å². The van der Waals surface area contributed by atoms with Gasteiger partial charge in [0, 0.05) is 36.8 Å². The summed E-state index contributed by atoms with van der Waals surface area (Å²) in [4.78, 5) is 13.9. The molecule has 0 aliphatic carbocycles. The molecule has 2 aliphatic rings. The number of hydrogen-bond donors (Lipinski definition) is 1. The summed E-state index contributed by atoms with van der Waals surface area (Å²) >= 11 is 0. The Labute approximate surface area is 132 Å². The molecule has 1 unspecified atom stereocenters. The Morgan fingerprint density at radius 3 is 2.55 bits per heavy atom. The number of rotatable bonds is 5. The predicted molar refractivity (Wildman–Crippen MR) is 84.9 cm³/mol. The fraction of sp³-hybridized carbons (Fsp3) is 0.706. The van der Waals surface area contributed by atoms with Gasteiger partial charge in [0.2, 0.25) is 0 Å². The molecule has 0 aromatic carbocycles. The van der Waals surface area contributed by atoms with E-state index in [9.17, 15) is 9.18 Å². The Morgan fingerprint density at radius 2 is 2.05 bits per heavy atom. The molecule has 0 bridgehead atoms. The van der Waals surface area contributed by atoms with E-state index in [1.165, 1.54) is 7.11 Å². The molecule has 2 saturated heterocycles. The van der Waals surface area contributed by atoms with Crippen LogP contribution in [0.5, 0.6) is 0 Å². The second-order valence-corrected chi connectivity index (χ2v) is 6.04. The second-order valence-electron chi connectivity index (χ2n) is 6.04. The van der Waals surface area contributed by atoms with Crippen LogP contribution >= 0.6 is 0 Å². The van der Waals surface area contributed by atoms with Crippen molar-refractivity contribution in [3.05, 3.63) is 23.7 Å². The minimum absolute atomic E-state index is 0.0184. The maximum atomic E-state index is 13.6. The van der Waals surface area contributed by atoms with E-state index < -0.39 is 0 Å². The van der Waals surface area contributed by atoms with Gasteiger partial charge >= 0.3 is 5.97 Å². The number of methoxy groups -OCH3 is 1. The fourth-order valence-electron chi connectivity index (χ4n) is 3.42. The highest BCUT2D eigenvalue weighted by Crippen LogP contribution is 2.31. The van der Waals surface area contributed by atoms with Crippen molar-refractivity contribution in [3.63, 3.8) is 0 Å². The lowest BCUT2D eigenvalue weighted by atomic mass is 9.92. The van der Waals surface area contributed by atoms with Gasteiger partial charge in [0.1, 0.15) is 0 Å². The van der Waals surface area contributed by atoms with Crippen LogP contribution in [0.4, 0.5) is 4.39 Å². The molecule has 5 heteroatoms. The second kappa shape index (κ2) is 8.32. The van der Waals surface area contributed by atoms with Gasteiger partial charge in [-0.25, -0.2) is 4.39 Å². The number of nitrogens with one attached hydrogen (secondary N) is 1. The predicted octanol–water partition coefficient (Wildman–Crippen LogP) is 2.63. The molecule has 1 N–H and O–H groups in total. The van der Waals surface area contributed by atoms with Crippen molar-refractivity contribution in [1.82, 2.24) is 10.2 Å². The highest BCUT2D eigenvalue weighted by atomic mass is 19.1. The largest absolute Gasteiger partial charge is 0.469 e. The molecule has 22 heavy (non-hydrogen) atoms. The average Bonchev–Trinajstić information content (AvgIpc) is 3.08. The molecule has 0 aromatic heterocycles. The summed E-state index contributed by atoms with van der Waals surface area (Å²) in [7, 11) is 1.44. The van der Waals surface area contributed by atoms with E-state index in [4.69, 9.17) is 4.74 Å². The number of nitrogens with zero attached hydrogens (tertiary/aromatic N) is 1. The van der Waals surface area contributed by atoms with Gasteiger partial charge in [-0.2, -0.15) is 0 Å². The van der Waals surface area contributed by atoms with Crippen molar-refractivity contribution < 1.29 is 13.9 Å². The molecule has 4 nitrogen and oxygen atoms in total. The third-order valence-electron chi connectivity index (χ3n) is 4.68. The first-order valence-electron chi connectivity index (χ1n) is 8.25. The van der Waals surface area contributed by atoms with Crippen molar-refractivity contribution in [1.29, 1.82) is 0 Å². The molecule has 2 rings (SSSR count). The average molecular weight is 310 g/mol. The van der Waals surface area contributed by atoms with Gasteiger partial charge in [-0.3, -0.25) is 4.79 Å². The van der Waals surface area contributed by atoms with Crippen LogP contribution in [0.15, 0.2) is 23.7 Å². The number of ether oxygens (including phenoxy) is 1. The summed E-state index contributed by atoms with van der Waals surface area (Å²) < 4.78 is 18.4. The molecule has 1 atom stereocenters. The van der Waals surface area contributed by atoms with Gasteiger partial charge < -0.3 is 15.0 Å². The molecule has 0 amide bonds. The minimum Gasteiger partial charge on any atom is -0.469 e. The molecule has 124 valence electrons. The Morgan fingerprint density at radius 1 is 1.32 bits per heavy atom. The van der Waals surface area contributed by atoms with Crippen molar-refractivity contribution >= 4 is 5.97 Å². The van der Waals surface area contributed by atoms with E-state index in [0.717, 1.165) is 69.5 Å². The number of likely N-dealkylation sites (tertiary alicyclic amines) is 1. The van der Waals surface area contributed by atoms with Crippen LogP contribution < -0.4 is 5.32 Å². The number of carbonyl (C=O) groups is 1. The highest BCUT2D eigenvalue weighted by molar-refractivity contribution is 5.72. The zero-order valence-corrected chi connectivity index (χ0v) is 13.6. The van der Waals surface area contributed by atoms with Crippen molar-refractivity contribution in [3.8, 4) is 0 Å². The zero-order valence-electron chi connectivity index (χ0n) is 13.6. The van der Waals surface area contributed by atoms with Gasteiger partial charge in [-0.1, -0.05) is 13.0 Å². The van der Waals surface area contributed by atoms with Crippen LogP contribution in [-0.4, -0.2) is 44.2 Å². The van der Waals surface area contributed by atoms with Crippen LogP contribution in [0.2, 0.25) is 0 Å². The van der Waals surface area contributed by atoms with Crippen molar-refractivity contribution in [2.75, 3.05) is 33.3 Å². The van der Waals surface area contributed by atoms with E-state index in [1.807, 2.05) is 0 Å². The van der Waals surface area contributed by atoms with Crippen LogP contribution in [0.3, 0.4) is 0 Å². The van der Waals surface area contributed by atoms with E-state index in [2.05, 4.69) is 23.2 Å². The van der Waals surface area contributed by atoms with Gasteiger partial charge in [0.25, 0.3) is 0 Å². The first-order valence-corrected chi connectivity index (χ1v) is 8.25. The first kappa shape index (κ1) is 17.0. The van der Waals surface area contributed by atoms with Crippen molar-refractivity contribution in [2.45, 2.75) is 32.6 Å². The molecule has 2 fully saturated rings. The van der Waals surface area contributed by atoms with E-state index in [0.29, 0.717) is 0 Å². The van der Waals surface area contributed by atoms with Gasteiger partial charge in [-0.15, -0.1) is 0 Å². The van der Waals surface area contributed by atoms with E-state index in [1.54, 1.807) is 0 Å². The summed E-state index contributed by atoms with van der Waals surface area (Å²) in [6, 6.07) is 0. The maximum Gasteiger partial charge on any atom is 0.308 e. The van der Waals surface area contributed by atoms with Crippen LogP contribution in [0, 0.1) is 11.8 Å². The molecule has 0 aromatic rings. The molecule has 0 spiro atoms. The van der Waals surface area contributed by atoms with E-state index >= 15 is 0 Å². The highest BCUT2D eigenvalue weighted by Gasteiger charge is 2.30. The smallest absolute Gasteiger partial charge is 0.308 e. The number of allylic oxidation sites excluding steroid dienone is 2. The van der Waals surface area contributed by atoms with Gasteiger partial charge in [0.15, 0.2) is 0 Å². The monoisotopic (exact) mass is 310 g/mol. The number of carbonyl (C=O) groups excluding carboxylic acids is 1. The summed E-state index contributed by atoms with van der Waals surface area (Å²) in [5, 5.41) is 3.30. The lowest BCUT2D eigenvalue weighted by molar-refractivity contribution is -0.146. The maximum absolute atomic E-state index is 13.6. The number of halogens is 1. The normalized spacial score (nSPS) is 24.7. The quantitative estimate of drug-likeness (QED) is 0.626. The fourth-order valence-corrected chi connectivity index (χ4v) is 3.42. The standard InChI is InChI=1S/C17H27FN2O2/c1-3-4-16(15(11-18)14-5-8-19-12-14)20-9-6-13(7-10-20)17(21)22-2/h4,11,13-14,19H,3,5-10,12H2,1-2H3/b15-11-,16-4+. The zero-order chi connectivity index (χ0) is 15.9. The Bertz CT molecular complexity index is 434. The van der Waals surface area contributed by atoms with E-state index in [-0.39, 0.29) is 17.8 Å². The summed E-state index contributed by atoms with van der Waals surface area (Å²) in [6.07, 6.45) is 6.30. The Kier molecular flexibility index (Phi) is 6.43. The summed E-state index contributed by atoms with van der Waals surface area (Å²) in [5.41, 5.74) is 1.82. The number of esters is 1. The Balaban J connectivity index is 2.06. The van der Waals surface area contributed by atoms with Crippen LogP contribution in [-0.2, 0) is 9.53 Å². The van der Waals surface area contributed by atoms with Gasteiger partial charge in [0.05, 0.1) is 19.4 Å². The lowest BCUT2D eigenvalue weighted by Crippen LogP contribution is -2.37. The molecular weight excluding hydrogens is 283 g/mol. The topological polar surface area (TPSA) is 41.6 Å². The molecule has 2 aliphatic heterocycles. The minimum atomic E-state index is -0.123. The first-order chi connectivity index (χ1) is 10.7. The molecule has 0 radical (unpaired) electrons. The SMILES string of the molecule is CC/C=C(\C(=C/F)C1CCNC1)N1CCC(C(=O)OC)CC1. The lowest BCUT2D eigenvalue weighted by Gasteiger charge is -2.36. The summed E-state index contributed by atoms with van der Waals surface area (Å²) in [5.74, 6) is 0.109. The molecular formula is C17H27FN2O2. The number of hydrogen-bond acceptors (Lipinski definition) is 4. The van der Waals surface area contributed by atoms with Gasteiger partial charge in [-0.05, 0) is 32.2 Å². The third kappa shape index (κ3) is 3.88. The third-order valence-corrected chi connectivity index (χ3v) is 4.68. The van der Waals surface area contributed by atoms with Crippen LogP contribution in [0.25, 0.3) is 0 Å². The Hall–Kier alpha value is -1.36.